The molecule has 2 aromatic heterocycles. The maximum Gasteiger partial charge on any atom is 0.272 e. The number of hydrogen-bond donors (Lipinski definition) is 0. The molecule has 0 saturated heterocycles. The van der Waals surface area contributed by atoms with Crippen LogP contribution in [0.15, 0.2) is 18.3 Å². The summed E-state index contributed by atoms with van der Waals surface area (Å²) in [5.74, 6) is 0.609. The Morgan fingerprint density at radius 1 is 1.23 bits per heavy atom. The number of nitrogens with zero attached hydrogens (tertiary/aromatic N) is 5. The molecule has 1 saturated carbocycles. The summed E-state index contributed by atoms with van der Waals surface area (Å²) in [7, 11) is 1.72. The highest BCUT2D eigenvalue weighted by atomic mass is 19.3. The first-order chi connectivity index (χ1) is 16.8. The molecular formula is C25H34F3N5O2. The highest BCUT2D eigenvalue weighted by Crippen LogP contribution is 2.39. The van der Waals surface area contributed by atoms with E-state index in [1.54, 1.807) is 19.3 Å². The number of aryl methyl sites for hydroxylation is 1. The van der Waals surface area contributed by atoms with Crippen LogP contribution in [0.2, 0.25) is 0 Å². The standard InChI is InChI=1S/C25H34F3N5O2/c1-32-29-16-20(31-32)15-21(34)14-18-4-8-25(28,9-5-18)10-13-33-11-6-19-2-3-24(35-17-23(26)27)30-22(19)7-12-33/h2-3,16,18,23H,4-15,17H2,1H3. The summed E-state index contributed by atoms with van der Waals surface area (Å²) in [4.78, 5) is 20.5. The molecule has 1 aliphatic heterocycles. The molecule has 192 valence electrons. The molecule has 7 nitrogen and oxygen atoms in total. The Morgan fingerprint density at radius 3 is 2.71 bits per heavy atom. The van der Waals surface area contributed by atoms with E-state index in [9.17, 15) is 13.6 Å². The molecule has 1 fully saturated rings. The van der Waals surface area contributed by atoms with Crippen LogP contribution in [0.1, 0.15) is 55.5 Å². The third-order valence-corrected chi connectivity index (χ3v) is 7.18. The lowest BCUT2D eigenvalue weighted by Crippen LogP contribution is -2.36. The summed E-state index contributed by atoms with van der Waals surface area (Å²) in [5.41, 5.74) is 1.47. The van der Waals surface area contributed by atoms with Gasteiger partial charge < -0.3 is 9.64 Å². The highest BCUT2D eigenvalue weighted by molar-refractivity contribution is 5.80. The van der Waals surface area contributed by atoms with Crippen molar-refractivity contribution in [1.29, 1.82) is 0 Å². The van der Waals surface area contributed by atoms with Gasteiger partial charge in [-0.1, -0.05) is 6.07 Å². The minimum Gasteiger partial charge on any atom is -0.472 e. The van der Waals surface area contributed by atoms with Crippen LogP contribution >= 0.6 is 0 Å². The van der Waals surface area contributed by atoms with Crippen molar-refractivity contribution in [1.82, 2.24) is 24.9 Å². The van der Waals surface area contributed by atoms with Gasteiger partial charge in [0.25, 0.3) is 6.43 Å². The van der Waals surface area contributed by atoms with Crippen molar-refractivity contribution in [2.45, 2.75) is 69.9 Å². The topological polar surface area (TPSA) is 73.1 Å². The SMILES string of the molecule is Cn1ncc(CC(=O)CC2CCC(F)(CCN3CCc4ccc(OCC(F)F)nc4CC3)CC2)n1. The number of halogens is 3. The zero-order valence-corrected chi connectivity index (χ0v) is 20.3. The van der Waals surface area contributed by atoms with Gasteiger partial charge >= 0.3 is 0 Å². The lowest BCUT2D eigenvalue weighted by Gasteiger charge is -2.35. The lowest BCUT2D eigenvalue weighted by molar-refractivity contribution is -0.119. The van der Waals surface area contributed by atoms with E-state index in [4.69, 9.17) is 4.74 Å². The Hall–Kier alpha value is -2.49. The summed E-state index contributed by atoms with van der Waals surface area (Å²) in [6.07, 6.45) is 4.29. The van der Waals surface area contributed by atoms with Gasteiger partial charge in [-0.3, -0.25) is 4.79 Å². The van der Waals surface area contributed by atoms with Gasteiger partial charge in [0, 0.05) is 51.3 Å². The van der Waals surface area contributed by atoms with E-state index in [1.807, 2.05) is 6.07 Å². The molecule has 0 N–H and O–H groups in total. The van der Waals surface area contributed by atoms with Crippen LogP contribution in [-0.4, -0.2) is 69.0 Å². The van der Waals surface area contributed by atoms with E-state index in [-0.39, 0.29) is 24.0 Å². The summed E-state index contributed by atoms with van der Waals surface area (Å²) < 4.78 is 45.4. The second kappa shape index (κ2) is 11.5. The number of hydrogen-bond acceptors (Lipinski definition) is 6. The van der Waals surface area contributed by atoms with Crippen LogP contribution in [0.25, 0.3) is 0 Å². The number of Topliss-reactive ketones (excluding diaryl/α,β-unsaturated/α-hetero) is 1. The van der Waals surface area contributed by atoms with Crippen molar-refractivity contribution < 1.29 is 22.7 Å². The Labute approximate surface area is 204 Å². The molecule has 0 amide bonds. The van der Waals surface area contributed by atoms with Crippen molar-refractivity contribution in [3.63, 3.8) is 0 Å². The highest BCUT2D eigenvalue weighted by Gasteiger charge is 2.36. The second-order valence-electron chi connectivity index (χ2n) is 9.89. The van der Waals surface area contributed by atoms with Gasteiger partial charge in [0.15, 0.2) is 6.61 Å². The number of aromatic nitrogens is 4. The van der Waals surface area contributed by atoms with Crippen LogP contribution in [0, 0.1) is 5.92 Å². The van der Waals surface area contributed by atoms with Crippen LogP contribution < -0.4 is 4.74 Å². The molecule has 0 radical (unpaired) electrons. The van der Waals surface area contributed by atoms with Crippen LogP contribution in [-0.2, 0) is 31.1 Å². The minimum absolute atomic E-state index is 0.141. The fraction of sp³-hybridized carbons (Fsp3) is 0.680. The smallest absolute Gasteiger partial charge is 0.272 e. The zero-order chi connectivity index (χ0) is 24.8. The molecule has 2 aromatic rings. The third-order valence-electron chi connectivity index (χ3n) is 7.18. The minimum atomic E-state index is -2.53. The molecule has 3 heterocycles. The summed E-state index contributed by atoms with van der Waals surface area (Å²) >= 11 is 0. The molecule has 0 bridgehead atoms. The van der Waals surface area contributed by atoms with Crippen molar-refractivity contribution in [2.24, 2.45) is 13.0 Å². The molecule has 0 atom stereocenters. The van der Waals surface area contributed by atoms with Crippen molar-refractivity contribution in [3.8, 4) is 5.88 Å². The number of ketones is 1. The van der Waals surface area contributed by atoms with E-state index in [1.165, 1.54) is 4.80 Å². The first-order valence-corrected chi connectivity index (χ1v) is 12.5. The van der Waals surface area contributed by atoms with Gasteiger partial charge in [0.2, 0.25) is 5.88 Å². The molecule has 1 aliphatic carbocycles. The van der Waals surface area contributed by atoms with Crippen LogP contribution in [0.5, 0.6) is 5.88 Å². The van der Waals surface area contributed by atoms with E-state index < -0.39 is 18.7 Å². The monoisotopic (exact) mass is 493 g/mol. The van der Waals surface area contributed by atoms with Crippen LogP contribution in [0.3, 0.4) is 0 Å². The first kappa shape index (κ1) is 25.6. The predicted octanol–water partition coefficient (Wildman–Crippen LogP) is 3.75. The molecule has 2 aliphatic rings. The summed E-state index contributed by atoms with van der Waals surface area (Å²) in [6, 6.07) is 3.54. The van der Waals surface area contributed by atoms with Gasteiger partial charge in [-0.05, 0) is 50.0 Å². The number of pyridine rings is 1. The summed E-state index contributed by atoms with van der Waals surface area (Å²) in [6.45, 7) is 1.60. The van der Waals surface area contributed by atoms with E-state index in [0.717, 1.165) is 43.6 Å². The Morgan fingerprint density at radius 2 is 2.00 bits per heavy atom. The Kier molecular flexibility index (Phi) is 8.41. The van der Waals surface area contributed by atoms with E-state index in [2.05, 4.69) is 20.1 Å². The molecular weight excluding hydrogens is 459 g/mol. The van der Waals surface area contributed by atoms with Crippen LogP contribution in [0.4, 0.5) is 13.2 Å². The predicted molar refractivity (Wildman–Crippen MR) is 124 cm³/mol. The average molecular weight is 494 g/mol. The van der Waals surface area contributed by atoms with Crippen molar-refractivity contribution >= 4 is 5.78 Å². The third kappa shape index (κ3) is 7.49. The molecule has 0 unspecified atom stereocenters. The van der Waals surface area contributed by atoms with E-state index >= 15 is 4.39 Å². The fourth-order valence-corrected chi connectivity index (χ4v) is 5.13. The van der Waals surface area contributed by atoms with Gasteiger partial charge in [0.05, 0.1) is 18.3 Å². The number of ether oxygens (including phenoxy) is 1. The lowest BCUT2D eigenvalue weighted by atomic mass is 9.76. The Balaban J connectivity index is 1.19. The summed E-state index contributed by atoms with van der Waals surface area (Å²) in [5, 5.41) is 8.15. The number of carbonyl (C=O) groups excluding carboxylic acids is 1. The largest absolute Gasteiger partial charge is 0.472 e. The Bertz CT molecular complexity index is 991. The number of rotatable bonds is 10. The zero-order valence-electron chi connectivity index (χ0n) is 20.3. The first-order valence-electron chi connectivity index (χ1n) is 12.5. The number of alkyl halides is 3. The normalized spacial score (nSPS) is 23.2. The van der Waals surface area contributed by atoms with Gasteiger partial charge in [-0.15, -0.1) is 0 Å². The second-order valence-corrected chi connectivity index (χ2v) is 9.89. The van der Waals surface area contributed by atoms with Crippen molar-refractivity contribution in [3.05, 3.63) is 35.3 Å². The maximum atomic E-state index is 15.5. The van der Waals surface area contributed by atoms with Gasteiger partial charge in [-0.25, -0.2) is 18.2 Å². The fourth-order valence-electron chi connectivity index (χ4n) is 5.13. The molecule has 10 heteroatoms. The molecule has 4 rings (SSSR count). The molecule has 0 spiro atoms. The van der Waals surface area contributed by atoms with E-state index in [0.29, 0.717) is 44.3 Å². The van der Waals surface area contributed by atoms with Crippen molar-refractivity contribution in [2.75, 3.05) is 26.2 Å². The molecule has 0 aromatic carbocycles. The number of carbonyl (C=O) groups is 1. The molecule has 35 heavy (non-hydrogen) atoms. The number of fused-ring (bicyclic) bond motifs is 1. The maximum absolute atomic E-state index is 15.5. The average Bonchev–Trinajstić information content (AvgIpc) is 3.12. The van der Waals surface area contributed by atoms with Gasteiger partial charge in [-0.2, -0.15) is 15.0 Å². The quantitative estimate of drug-likeness (QED) is 0.502. The van der Waals surface area contributed by atoms with Gasteiger partial charge in [0.1, 0.15) is 11.5 Å².